The highest BCUT2D eigenvalue weighted by Gasteiger charge is 2.21. The molecule has 0 spiro atoms. The van der Waals surface area contributed by atoms with E-state index in [0.29, 0.717) is 37.4 Å². The van der Waals surface area contributed by atoms with Crippen molar-refractivity contribution in [2.75, 3.05) is 31.8 Å². The lowest BCUT2D eigenvalue weighted by atomic mass is 9.87. The van der Waals surface area contributed by atoms with Crippen molar-refractivity contribution in [1.29, 1.82) is 0 Å². The molecule has 1 aliphatic carbocycles. The number of hydrogen-bond donors (Lipinski definition) is 3. The standard InChI is InChI=1S/C21H33N3O4/c1-17(15-22-16-25)24(21(26)19-7-9-20(23-27)10-8-19)12-14-28-13-11-18-5-3-2-4-6-18/h7-10,16-18,23,27H,2-6,11-15H2,1H3,(H,22,25). The fourth-order valence-corrected chi connectivity index (χ4v) is 3.69. The minimum absolute atomic E-state index is 0.124. The summed E-state index contributed by atoms with van der Waals surface area (Å²) in [4.78, 5) is 25.3. The van der Waals surface area contributed by atoms with Crippen LogP contribution in [0.4, 0.5) is 5.69 Å². The first-order valence-electron chi connectivity index (χ1n) is 10.2. The Labute approximate surface area is 167 Å². The number of benzene rings is 1. The fourth-order valence-electron chi connectivity index (χ4n) is 3.69. The van der Waals surface area contributed by atoms with E-state index in [9.17, 15) is 9.59 Å². The summed E-state index contributed by atoms with van der Waals surface area (Å²) in [5, 5.41) is 11.6. The average molecular weight is 392 g/mol. The van der Waals surface area contributed by atoms with Gasteiger partial charge < -0.3 is 15.0 Å². The molecule has 0 bridgehead atoms. The Morgan fingerprint density at radius 2 is 1.96 bits per heavy atom. The summed E-state index contributed by atoms with van der Waals surface area (Å²) in [7, 11) is 0. The van der Waals surface area contributed by atoms with Crippen LogP contribution in [-0.2, 0) is 9.53 Å². The third-order valence-electron chi connectivity index (χ3n) is 5.42. The molecule has 7 nitrogen and oxygen atoms in total. The number of anilines is 1. The van der Waals surface area contributed by atoms with Gasteiger partial charge in [-0.05, 0) is 43.5 Å². The lowest BCUT2D eigenvalue weighted by molar-refractivity contribution is -0.109. The third-order valence-corrected chi connectivity index (χ3v) is 5.42. The van der Waals surface area contributed by atoms with Gasteiger partial charge in [0.2, 0.25) is 6.41 Å². The molecule has 0 aliphatic heterocycles. The van der Waals surface area contributed by atoms with Crippen LogP contribution >= 0.6 is 0 Å². The Morgan fingerprint density at radius 1 is 1.25 bits per heavy atom. The van der Waals surface area contributed by atoms with E-state index in [1.54, 1.807) is 29.2 Å². The van der Waals surface area contributed by atoms with Crippen molar-refractivity contribution in [1.82, 2.24) is 10.2 Å². The fraction of sp³-hybridized carbons (Fsp3) is 0.619. The predicted molar refractivity (Wildman–Crippen MR) is 108 cm³/mol. The molecule has 1 unspecified atom stereocenters. The van der Waals surface area contributed by atoms with Crippen LogP contribution in [0.5, 0.6) is 0 Å². The molecule has 1 atom stereocenters. The Bertz CT molecular complexity index is 588. The van der Waals surface area contributed by atoms with Crippen LogP contribution < -0.4 is 10.8 Å². The van der Waals surface area contributed by atoms with Gasteiger partial charge in [-0.3, -0.25) is 20.3 Å². The lowest BCUT2D eigenvalue weighted by Crippen LogP contribution is -2.45. The first-order valence-corrected chi connectivity index (χ1v) is 10.2. The number of nitrogens with zero attached hydrogens (tertiary/aromatic N) is 1. The lowest BCUT2D eigenvalue weighted by Gasteiger charge is -2.29. The molecule has 2 amide bonds. The van der Waals surface area contributed by atoms with Gasteiger partial charge in [0.25, 0.3) is 5.91 Å². The summed E-state index contributed by atoms with van der Waals surface area (Å²) in [6.45, 7) is 3.95. The summed E-state index contributed by atoms with van der Waals surface area (Å²) in [5.41, 5.74) is 3.10. The van der Waals surface area contributed by atoms with E-state index in [1.807, 2.05) is 6.92 Å². The minimum Gasteiger partial charge on any atom is -0.380 e. The molecule has 156 valence electrons. The molecule has 1 aromatic rings. The van der Waals surface area contributed by atoms with Gasteiger partial charge in [0.1, 0.15) is 0 Å². The van der Waals surface area contributed by atoms with Crippen LogP contribution in [0, 0.1) is 5.92 Å². The van der Waals surface area contributed by atoms with Gasteiger partial charge in [0.15, 0.2) is 0 Å². The molecule has 0 aromatic heterocycles. The number of nitrogens with one attached hydrogen (secondary N) is 2. The van der Waals surface area contributed by atoms with Crippen molar-refractivity contribution in [2.24, 2.45) is 5.92 Å². The number of carbonyl (C=O) groups is 2. The molecular formula is C21H33N3O4. The molecular weight excluding hydrogens is 358 g/mol. The summed E-state index contributed by atoms with van der Waals surface area (Å²) >= 11 is 0. The zero-order valence-corrected chi connectivity index (χ0v) is 16.7. The number of amides is 2. The highest BCUT2D eigenvalue weighted by atomic mass is 16.5. The van der Waals surface area contributed by atoms with E-state index in [1.165, 1.54) is 32.1 Å². The second kappa shape index (κ2) is 12.4. The van der Waals surface area contributed by atoms with Gasteiger partial charge in [-0.2, -0.15) is 0 Å². The maximum Gasteiger partial charge on any atom is 0.254 e. The Hall–Kier alpha value is -2.12. The highest BCUT2D eigenvalue weighted by molar-refractivity contribution is 5.94. The van der Waals surface area contributed by atoms with Gasteiger partial charge in [-0.1, -0.05) is 32.1 Å². The molecule has 1 saturated carbocycles. The average Bonchev–Trinajstić information content (AvgIpc) is 2.75. The summed E-state index contributed by atoms with van der Waals surface area (Å²) in [6, 6.07) is 6.45. The molecule has 28 heavy (non-hydrogen) atoms. The molecule has 1 aliphatic rings. The molecule has 1 fully saturated rings. The number of carbonyl (C=O) groups excluding carboxylic acids is 2. The van der Waals surface area contributed by atoms with Crippen LogP contribution in [0.3, 0.4) is 0 Å². The summed E-state index contributed by atoms with van der Waals surface area (Å²) in [6.07, 6.45) is 8.36. The zero-order chi connectivity index (χ0) is 20.2. The van der Waals surface area contributed by atoms with Crippen LogP contribution in [0.2, 0.25) is 0 Å². The monoisotopic (exact) mass is 391 g/mol. The topological polar surface area (TPSA) is 90.9 Å². The quantitative estimate of drug-likeness (QED) is 0.289. The maximum absolute atomic E-state index is 12.9. The SMILES string of the molecule is CC(CNC=O)N(CCOCCC1CCCCC1)C(=O)c1ccc(NO)cc1. The van der Waals surface area contributed by atoms with Crippen LogP contribution in [0.25, 0.3) is 0 Å². The smallest absolute Gasteiger partial charge is 0.254 e. The van der Waals surface area contributed by atoms with Crippen molar-refractivity contribution >= 4 is 18.0 Å². The van der Waals surface area contributed by atoms with Crippen molar-refractivity contribution in [3.8, 4) is 0 Å². The van der Waals surface area contributed by atoms with Crippen LogP contribution in [-0.4, -0.2) is 54.8 Å². The maximum atomic E-state index is 12.9. The van der Waals surface area contributed by atoms with Crippen LogP contribution in [0.15, 0.2) is 24.3 Å². The van der Waals surface area contributed by atoms with Crippen molar-refractivity contribution in [3.05, 3.63) is 29.8 Å². The van der Waals surface area contributed by atoms with Crippen molar-refractivity contribution in [3.63, 3.8) is 0 Å². The molecule has 3 N–H and O–H groups in total. The van der Waals surface area contributed by atoms with Crippen LogP contribution in [0.1, 0.15) is 55.8 Å². The Kier molecular flexibility index (Phi) is 9.79. The second-order valence-corrected chi connectivity index (χ2v) is 7.47. The molecule has 0 saturated heterocycles. The minimum atomic E-state index is -0.157. The predicted octanol–water partition coefficient (Wildman–Crippen LogP) is 3.05. The molecule has 2 rings (SSSR count). The molecule has 7 heteroatoms. The molecule has 0 radical (unpaired) electrons. The van der Waals surface area contributed by atoms with Gasteiger partial charge in [0.05, 0.1) is 12.3 Å². The van der Waals surface area contributed by atoms with E-state index in [2.05, 4.69) is 10.8 Å². The summed E-state index contributed by atoms with van der Waals surface area (Å²) in [5.74, 6) is 0.654. The Morgan fingerprint density at radius 3 is 2.61 bits per heavy atom. The Balaban J connectivity index is 1.86. The van der Waals surface area contributed by atoms with E-state index in [-0.39, 0.29) is 11.9 Å². The van der Waals surface area contributed by atoms with Crippen molar-refractivity contribution in [2.45, 2.75) is 51.5 Å². The summed E-state index contributed by atoms with van der Waals surface area (Å²) < 4.78 is 5.82. The van der Waals surface area contributed by atoms with E-state index in [0.717, 1.165) is 18.9 Å². The van der Waals surface area contributed by atoms with Gasteiger partial charge in [-0.15, -0.1) is 0 Å². The molecule has 1 aromatic carbocycles. The number of ether oxygens (including phenoxy) is 1. The first kappa shape index (κ1) is 22.2. The van der Waals surface area contributed by atoms with Gasteiger partial charge in [0, 0.05) is 31.3 Å². The third kappa shape index (κ3) is 7.13. The highest BCUT2D eigenvalue weighted by Crippen LogP contribution is 2.26. The number of hydrogen-bond acceptors (Lipinski definition) is 5. The molecule has 0 heterocycles. The normalized spacial score (nSPS) is 15.6. The van der Waals surface area contributed by atoms with E-state index < -0.39 is 0 Å². The largest absolute Gasteiger partial charge is 0.380 e. The zero-order valence-electron chi connectivity index (χ0n) is 16.7. The number of rotatable bonds is 12. The first-order chi connectivity index (χ1) is 13.7. The van der Waals surface area contributed by atoms with Crippen molar-refractivity contribution < 1.29 is 19.5 Å². The van der Waals surface area contributed by atoms with E-state index >= 15 is 0 Å². The van der Waals surface area contributed by atoms with Gasteiger partial charge >= 0.3 is 0 Å². The van der Waals surface area contributed by atoms with E-state index in [4.69, 9.17) is 9.94 Å². The van der Waals surface area contributed by atoms with Gasteiger partial charge in [-0.25, -0.2) is 0 Å². The second-order valence-electron chi connectivity index (χ2n) is 7.47.